The van der Waals surface area contributed by atoms with Crippen LogP contribution >= 0.6 is 0 Å². The highest BCUT2D eigenvalue weighted by molar-refractivity contribution is 7.84. The predicted molar refractivity (Wildman–Crippen MR) is 133 cm³/mol. The molecule has 6 nitrogen and oxygen atoms in total. The lowest BCUT2D eigenvalue weighted by molar-refractivity contribution is 0.0236. The first-order chi connectivity index (χ1) is 13.8. The van der Waals surface area contributed by atoms with Crippen LogP contribution in [0.1, 0.15) is 75.2 Å². The maximum absolute atomic E-state index is 12.8. The van der Waals surface area contributed by atoms with Gasteiger partial charge < -0.3 is 14.1 Å². The number of carbonyl (C=O) groups is 1. The number of nitrogens with zero attached hydrogens (tertiary/aromatic N) is 1. The van der Waals surface area contributed by atoms with E-state index in [0.717, 1.165) is 12.8 Å². The van der Waals surface area contributed by atoms with Crippen molar-refractivity contribution in [3.8, 4) is 0 Å². The Hall–Kier alpha value is -0.703. The molecule has 1 amide bonds. The van der Waals surface area contributed by atoms with Gasteiger partial charge in [-0.1, -0.05) is 32.4 Å². The SMILES string of the molecule is CC(C)(C)OC(=O)N1CCC(=C[C@@H](CO[Si](C)(C)C(C)(C)C)N[S@](=O)C(C)(C)C)CC1. The first kappa shape index (κ1) is 28.3. The molecule has 31 heavy (non-hydrogen) atoms. The molecule has 0 bridgehead atoms. The Kier molecular flexibility index (Phi) is 9.58. The fourth-order valence-electron chi connectivity index (χ4n) is 2.70. The van der Waals surface area contributed by atoms with Gasteiger partial charge in [-0.2, -0.15) is 0 Å². The van der Waals surface area contributed by atoms with Crippen LogP contribution in [0, 0.1) is 0 Å². The summed E-state index contributed by atoms with van der Waals surface area (Å²) in [6, 6.07) is -0.128. The molecule has 1 aliphatic rings. The van der Waals surface area contributed by atoms with Crippen LogP contribution in [-0.4, -0.2) is 59.6 Å². The summed E-state index contributed by atoms with van der Waals surface area (Å²) in [7, 11) is -3.11. The first-order valence-electron chi connectivity index (χ1n) is 11.3. The number of rotatable bonds is 6. The number of hydrogen-bond donors (Lipinski definition) is 1. The molecule has 1 saturated heterocycles. The third-order valence-electron chi connectivity index (χ3n) is 5.74. The van der Waals surface area contributed by atoms with Gasteiger partial charge in [-0.15, -0.1) is 0 Å². The second-order valence-corrected chi connectivity index (χ2v) is 18.8. The topological polar surface area (TPSA) is 67.9 Å². The second kappa shape index (κ2) is 10.5. The Morgan fingerprint density at radius 3 is 2.03 bits per heavy atom. The minimum Gasteiger partial charge on any atom is -0.444 e. The Balaban J connectivity index is 2.86. The van der Waals surface area contributed by atoms with E-state index in [-0.39, 0.29) is 21.9 Å². The number of nitrogens with one attached hydrogen (secondary N) is 1. The molecule has 0 radical (unpaired) electrons. The van der Waals surface area contributed by atoms with Crippen LogP contribution < -0.4 is 4.72 Å². The minimum atomic E-state index is -1.92. The van der Waals surface area contributed by atoms with Crippen LogP contribution in [0.5, 0.6) is 0 Å². The Morgan fingerprint density at radius 1 is 1.10 bits per heavy atom. The van der Waals surface area contributed by atoms with Crippen LogP contribution in [0.2, 0.25) is 18.1 Å². The summed E-state index contributed by atoms with van der Waals surface area (Å²) in [4.78, 5) is 14.1. The van der Waals surface area contributed by atoms with Crippen molar-refractivity contribution < 1.29 is 18.2 Å². The van der Waals surface area contributed by atoms with Gasteiger partial charge in [-0.25, -0.2) is 13.7 Å². The van der Waals surface area contributed by atoms with Crippen molar-refractivity contribution >= 4 is 25.4 Å². The minimum absolute atomic E-state index is 0.118. The summed E-state index contributed by atoms with van der Waals surface area (Å²) >= 11 is 0. The highest BCUT2D eigenvalue weighted by atomic mass is 32.2. The van der Waals surface area contributed by atoms with Crippen LogP contribution in [-0.2, 0) is 20.1 Å². The van der Waals surface area contributed by atoms with Crippen LogP contribution in [0.15, 0.2) is 11.6 Å². The molecule has 0 aromatic carbocycles. The average Bonchev–Trinajstić information content (AvgIpc) is 2.57. The Bertz CT molecular complexity index is 663. The molecule has 0 spiro atoms. The molecular weight excluding hydrogens is 428 g/mol. The largest absolute Gasteiger partial charge is 0.444 e. The van der Waals surface area contributed by atoms with E-state index in [1.54, 1.807) is 4.90 Å². The van der Waals surface area contributed by atoms with E-state index in [1.807, 2.05) is 41.5 Å². The number of amides is 1. The molecular formula is C23H46N2O4SSi. The van der Waals surface area contributed by atoms with Crippen molar-refractivity contribution in [2.24, 2.45) is 0 Å². The standard InChI is InChI=1S/C23H46N2O4SSi/c1-21(2,3)29-20(26)25-14-12-18(13-15-25)16-19(24-30(27)22(4,5)6)17-28-31(10,11)23(7,8)9/h16,19,24H,12-15,17H2,1-11H3/t19-,30+/m0/s1. The molecule has 1 fully saturated rings. The normalized spacial score (nSPS) is 18.5. The molecule has 182 valence electrons. The molecule has 1 rings (SSSR count). The average molecular weight is 475 g/mol. The van der Waals surface area contributed by atoms with Gasteiger partial charge in [0.1, 0.15) is 5.60 Å². The summed E-state index contributed by atoms with van der Waals surface area (Å²) in [5, 5.41) is 0.118. The van der Waals surface area contributed by atoms with Gasteiger partial charge in [0.25, 0.3) is 0 Å². The Labute approximate surface area is 194 Å². The highest BCUT2D eigenvalue weighted by Crippen LogP contribution is 2.36. The summed E-state index contributed by atoms with van der Waals surface area (Å²) < 4.78 is 27.6. The van der Waals surface area contributed by atoms with Gasteiger partial charge in [0.2, 0.25) is 0 Å². The zero-order chi connectivity index (χ0) is 24.3. The summed E-state index contributed by atoms with van der Waals surface area (Å²) in [5.41, 5.74) is 0.780. The zero-order valence-corrected chi connectivity index (χ0v) is 23.5. The zero-order valence-electron chi connectivity index (χ0n) is 21.7. The monoisotopic (exact) mass is 474 g/mol. The van der Waals surface area contributed by atoms with E-state index in [4.69, 9.17) is 9.16 Å². The van der Waals surface area contributed by atoms with Crippen LogP contribution in [0.4, 0.5) is 4.79 Å². The fourth-order valence-corrected chi connectivity index (χ4v) is 4.49. The van der Waals surface area contributed by atoms with Gasteiger partial charge in [0.05, 0.1) is 28.4 Å². The van der Waals surface area contributed by atoms with Gasteiger partial charge >= 0.3 is 6.09 Å². The van der Waals surface area contributed by atoms with Gasteiger partial charge in [-0.3, -0.25) is 0 Å². The Morgan fingerprint density at radius 2 is 1.61 bits per heavy atom. The van der Waals surface area contributed by atoms with Crippen molar-refractivity contribution in [3.05, 3.63) is 11.6 Å². The van der Waals surface area contributed by atoms with E-state index >= 15 is 0 Å². The van der Waals surface area contributed by atoms with E-state index < -0.39 is 24.9 Å². The number of carbonyl (C=O) groups excluding carboxylic acids is 1. The summed E-state index contributed by atoms with van der Waals surface area (Å²) in [6.45, 7) is 24.5. The number of likely N-dealkylation sites (tertiary alicyclic amines) is 1. The maximum Gasteiger partial charge on any atom is 0.410 e. The number of piperidine rings is 1. The molecule has 0 saturated carbocycles. The summed E-state index contributed by atoms with van der Waals surface area (Å²) in [6.07, 6.45) is 3.50. The van der Waals surface area contributed by atoms with Crippen LogP contribution in [0.3, 0.4) is 0 Å². The van der Waals surface area contributed by atoms with E-state index in [2.05, 4.69) is 44.7 Å². The maximum atomic E-state index is 12.8. The molecule has 0 aliphatic carbocycles. The second-order valence-electron chi connectivity index (χ2n) is 12.0. The molecule has 0 aromatic rings. The number of ether oxygens (including phenoxy) is 1. The lowest BCUT2D eigenvalue weighted by Gasteiger charge is -2.37. The van der Waals surface area contributed by atoms with Gasteiger partial charge in [0.15, 0.2) is 8.32 Å². The molecule has 0 aromatic heterocycles. The lowest BCUT2D eigenvalue weighted by Crippen LogP contribution is -2.47. The van der Waals surface area contributed by atoms with Gasteiger partial charge in [-0.05, 0) is 72.5 Å². The van der Waals surface area contributed by atoms with Crippen molar-refractivity contribution in [3.63, 3.8) is 0 Å². The van der Waals surface area contributed by atoms with E-state index in [0.29, 0.717) is 19.7 Å². The van der Waals surface area contributed by atoms with Crippen molar-refractivity contribution in [2.75, 3.05) is 19.7 Å². The van der Waals surface area contributed by atoms with E-state index in [9.17, 15) is 9.00 Å². The molecule has 1 heterocycles. The molecule has 1 aliphatic heterocycles. The smallest absolute Gasteiger partial charge is 0.410 e. The van der Waals surface area contributed by atoms with Crippen molar-refractivity contribution in [2.45, 2.75) is 110 Å². The highest BCUT2D eigenvalue weighted by Gasteiger charge is 2.38. The molecule has 1 N–H and O–H groups in total. The van der Waals surface area contributed by atoms with Crippen LogP contribution in [0.25, 0.3) is 0 Å². The summed E-state index contributed by atoms with van der Waals surface area (Å²) in [5.74, 6) is 0. The quantitative estimate of drug-likeness (QED) is 0.414. The first-order valence-corrected chi connectivity index (χ1v) is 15.4. The van der Waals surface area contributed by atoms with E-state index in [1.165, 1.54) is 5.57 Å². The third-order valence-corrected chi connectivity index (χ3v) is 11.9. The number of hydrogen-bond acceptors (Lipinski definition) is 4. The van der Waals surface area contributed by atoms with Crippen molar-refractivity contribution in [1.82, 2.24) is 9.62 Å². The molecule has 8 heteroatoms. The molecule has 0 unspecified atom stereocenters. The van der Waals surface area contributed by atoms with Gasteiger partial charge in [0, 0.05) is 13.1 Å². The fraction of sp³-hybridized carbons (Fsp3) is 0.870. The third kappa shape index (κ3) is 9.76. The lowest BCUT2D eigenvalue weighted by atomic mass is 10.0. The van der Waals surface area contributed by atoms with Crippen molar-refractivity contribution in [1.29, 1.82) is 0 Å². The predicted octanol–water partition coefficient (Wildman–Crippen LogP) is 5.39. The molecule has 2 atom stereocenters.